The predicted octanol–water partition coefficient (Wildman–Crippen LogP) is 4.56. The first-order chi connectivity index (χ1) is 11.2. The zero-order valence-electron chi connectivity index (χ0n) is 12.8. The molecule has 0 saturated carbocycles. The molecule has 1 aromatic heterocycles. The van der Waals surface area contributed by atoms with Crippen molar-refractivity contribution in [3.63, 3.8) is 0 Å². The van der Waals surface area contributed by atoms with Gasteiger partial charge in [-0.15, -0.1) is 0 Å². The Morgan fingerprint density at radius 2 is 1.74 bits per heavy atom. The third-order valence-corrected chi connectivity index (χ3v) is 3.68. The summed E-state index contributed by atoms with van der Waals surface area (Å²) in [5.41, 5.74) is 4.52. The molecular weight excluding hydrogens is 284 g/mol. The Morgan fingerprint density at radius 3 is 2.39 bits per heavy atom. The third-order valence-electron chi connectivity index (χ3n) is 3.68. The fourth-order valence-corrected chi connectivity index (χ4v) is 2.42. The van der Waals surface area contributed by atoms with Crippen LogP contribution in [0.1, 0.15) is 16.8 Å². The largest absolute Gasteiger partial charge is 0.508 e. The number of allylic oxidation sites excluding steroid dienone is 1. The summed E-state index contributed by atoms with van der Waals surface area (Å²) in [4.78, 5) is 0. The molecule has 0 saturated heterocycles. The van der Waals surface area contributed by atoms with Crippen LogP contribution < -0.4 is 0 Å². The number of phenolic OH excluding ortho intramolecular Hbond substituents is 1. The molecule has 0 spiro atoms. The standard InChI is InChI=1S/C20H16N2O/c1-15-4-6-16(7-5-15)17(14-21)13-19-3-2-12-22(19)18-8-10-20(23)11-9-18/h2-13,23H,1H3/b17-13-. The lowest BCUT2D eigenvalue weighted by molar-refractivity contribution is 0.475. The van der Waals surface area contributed by atoms with Gasteiger partial charge in [0.25, 0.3) is 0 Å². The van der Waals surface area contributed by atoms with Crippen LogP contribution in [0.15, 0.2) is 66.9 Å². The topological polar surface area (TPSA) is 49.0 Å². The van der Waals surface area contributed by atoms with Crippen molar-refractivity contribution in [3.8, 4) is 17.5 Å². The van der Waals surface area contributed by atoms with Crippen molar-refractivity contribution >= 4 is 11.6 Å². The van der Waals surface area contributed by atoms with E-state index in [1.165, 1.54) is 5.56 Å². The highest BCUT2D eigenvalue weighted by Crippen LogP contribution is 2.22. The molecule has 0 radical (unpaired) electrons. The Hall–Kier alpha value is -3.25. The smallest absolute Gasteiger partial charge is 0.115 e. The van der Waals surface area contributed by atoms with Gasteiger partial charge in [0, 0.05) is 17.6 Å². The van der Waals surface area contributed by atoms with E-state index in [1.807, 2.05) is 72.3 Å². The Balaban J connectivity index is 2.02. The number of rotatable bonds is 3. The predicted molar refractivity (Wildman–Crippen MR) is 92.1 cm³/mol. The molecule has 3 nitrogen and oxygen atoms in total. The molecule has 3 heteroatoms. The first kappa shape index (κ1) is 14.7. The number of hydrogen-bond acceptors (Lipinski definition) is 2. The third kappa shape index (κ3) is 3.17. The summed E-state index contributed by atoms with van der Waals surface area (Å²) >= 11 is 0. The number of benzene rings is 2. The molecule has 0 bridgehead atoms. The van der Waals surface area contributed by atoms with Gasteiger partial charge in [-0.3, -0.25) is 0 Å². The van der Waals surface area contributed by atoms with Crippen LogP contribution in [0.2, 0.25) is 0 Å². The van der Waals surface area contributed by atoms with Crippen molar-refractivity contribution in [1.29, 1.82) is 5.26 Å². The molecule has 23 heavy (non-hydrogen) atoms. The van der Waals surface area contributed by atoms with E-state index < -0.39 is 0 Å². The van der Waals surface area contributed by atoms with E-state index in [0.29, 0.717) is 5.57 Å². The van der Waals surface area contributed by atoms with E-state index in [4.69, 9.17) is 0 Å². The van der Waals surface area contributed by atoms with Crippen LogP contribution in [0.5, 0.6) is 5.75 Å². The van der Waals surface area contributed by atoms with Crippen molar-refractivity contribution in [3.05, 3.63) is 83.7 Å². The molecule has 2 aromatic carbocycles. The molecule has 1 N–H and O–H groups in total. The lowest BCUT2D eigenvalue weighted by atomic mass is 10.0. The average molecular weight is 300 g/mol. The number of nitrogens with zero attached hydrogens (tertiary/aromatic N) is 2. The quantitative estimate of drug-likeness (QED) is 0.721. The fourth-order valence-electron chi connectivity index (χ4n) is 2.42. The maximum atomic E-state index is 9.48. The molecule has 0 aliphatic rings. The van der Waals surface area contributed by atoms with Gasteiger partial charge in [0.15, 0.2) is 0 Å². The number of aryl methyl sites for hydroxylation is 1. The van der Waals surface area contributed by atoms with E-state index in [2.05, 4.69) is 6.07 Å². The summed E-state index contributed by atoms with van der Waals surface area (Å²) in [6.45, 7) is 2.02. The molecule has 0 aliphatic carbocycles. The van der Waals surface area contributed by atoms with Crippen LogP contribution in [0.25, 0.3) is 17.3 Å². The summed E-state index contributed by atoms with van der Waals surface area (Å²) in [5, 5.41) is 18.9. The minimum atomic E-state index is 0.232. The van der Waals surface area contributed by atoms with Crippen LogP contribution in [0.4, 0.5) is 0 Å². The van der Waals surface area contributed by atoms with Crippen LogP contribution in [0.3, 0.4) is 0 Å². The van der Waals surface area contributed by atoms with Crippen LogP contribution in [-0.4, -0.2) is 9.67 Å². The van der Waals surface area contributed by atoms with Crippen LogP contribution >= 0.6 is 0 Å². The second kappa shape index (κ2) is 6.25. The maximum absolute atomic E-state index is 9.48. The van der Waals surface area contributed by atoms with Crippen molar-refractivity contribution in [2.24, 2.45) is 0 Å². The van der Waals surface area contributed by atoms with Gasteiger partial charge < -0.3 is 9.67 Å². The lowest BCUT2D eigenvalue weighted by Gasteiger charge is -2.07. The molecule has 0 fully saturated rings. The Morgan fingerprint density at radius 1 is 1.04 bits per heavy atom. The highest BCUT2D eigenvalue weighted by atomic mass is 16.3. The Labute approximate surface area is 135 Å². The first-order valence-corrected chi connectivity index (χ1v) is 7.33. The Bertz CT molecular complexity index is 879. The minimum absolute atomic E-state index is 0.232. The van der Waals surface area contributed by atoms with E-state index in [-0.39, 0.29) is 5.75 Å². The van der Waals surface area contributed by atoms with Gasteiger partial charge in [-0.25, -0.2) is 0 Å². The fraction of sp³-hybridized carbons (Fsp3) is 0.0500. The second-order valence-corrected chi connectivity index (χ2v) is 5.36. The molecule has 0 aliphatic heterocycles. The van der Waals surface area contributed by atoms with Gasteiger partial charge >= 0.3 is 0 Å². The molecule has 1 heterocycles. The molecule has 3 aromatic rings. The maximum Gasteiger partial charge on any atom is 0.115 e. The van der Waals surface area contributed by atoms with Crippen molar-refractivity contribution in [2.45, 2.75) is 6.92 Å². The molecule has 3 rings (SSSR count). The summed E-state index contributed by atoms with van der Waals surface area (Å²) in [6.07, 6.45) is 3.81. The highest BCUT2D eigenvalue weighted by molar-refractivity contribution is 5.89. The average Bonchev–Trinajstić information content (AvgIpc) is 3.02. The molecule has 112 valence electrons. The van der Waals surface area contributed by atoms with Gasteiger partial charge in [0.1, 0.15) is 5.75 Å². The number of aromatic hydroxyl groups is 1. The monoisotopic (exact) mass is 300 g/mol. The number of hydrogen-bond donors (Lipinski definition) is 1. The summed E-state index contributed by atoms with van der Waals surface area (Å²) in [6, 6.07) is 21.0. The van der Waals surface area contributed by atoms with Gasteiger partial charge in [0.2, 0.25) is 0 Å². The summed E-state index contributed by atoms with van der Waals surface area (Å²) < 4.78 is 1.98. The zero-order valence-corrected chi connectivity index (χ0v) is 12.8. The second-order valence-electron chi connectivity index (χ2n) is 5.36. The Kier molecular flexibility index (Phi) is 3.99. The van der Waals surface area contributed by atoms with Gasteiger partial charge in [-0.1, -0.05) is 29.8 Å². The number of nitriles is 1. The molecular formula is C20H16N2O. The first-order valence-electron chi connectivity index (χ1n) is 7.33. The van der Waals surface area contributed by atoms with Gasteiger partial charge in [-0.2, -0.15) is 5.26 Å². The highest BCUT2D eigenvalue weighted by Gasteiger charge is 2.05. The van der Waals surface area contributed by atoms with Crippen molar-refractivity contribution in [2.75, 3.05) is 0 Å². The molecule has 0 amide bonds. The van der Waals surface area contributed by atoms with E-state index >= 15 is 0 Å². The van der Waals surface area contributed by atoms with Gasteiger partial charge in [-0.05, 0) is 55.0 Å². The lowest BCUT2D eigenvalue weighted by Crippen LogP contribution is -1.94. The van der Waals surface area contributed by atoms with Crippen molar-refractivity contribution in [1.82, 2.24) is 4.57 Å². The molecule has 0 atom stereocenters. The zero-order chi connectivity index (χ0) is 16.2. The summed E-state index contributed by atoms with van der Waals surface area (Å²) in [7, 11) is 0. The van der Waals surface area contributed by atoms with E-state index in [1.54, 1.807) is 12.1 Å². The van der Waals surface area contributed by atoms with Crippen LogP contribution in [-0.2, 0) is 0 Å². The van der Waals surface area contributed by atoms with Crippen LogP contribution in [0, 0.1) is 18.3 Å². The van der Waals surface area contributed by atoms with Crippen molar-refractivity contribution < 1.29 is 5.11 Å². The van der Waals surface area contributed by atoms with E-state index in [0.717, 1.165) is 16.9 Å². The van der Waals surface area contributed by atoms with Gasteiger partial charge in [0.05, 0.1) is 11.6 Å². The SMILES string of the molecule is Cc1ccc(/C(C#N)=C\c2cccn2-c2ccc(O)cc2)cc1. The number of aromatic nitrogens is 1. The minimum Gasteiger partial charge on any atom is -0.508 e. The summed E-state index contributed by atoms with van der Waals surface area (Å²) in [5.74, 6) is 0.232. The molecule has 0 unspecified atom stereocenters. The normalized spacial score (nSPS) is 11.2. The number of phenols is 1. The van der Waals surface area contributed by atoms with E-state index in [9.17, 15) is 10.4 Å².